The SMILES string of the molecule is COC(=O)C(C)(C)Oc1ccc(Cl)c2[nH]c(=O)c(Cc3ccc(Cl)cc3)c(C)c12. The van der Waals surface area contributed by atoms with Crippen LogP contribution in [0.5, 0.6) is 5.75 Å². The molecule has 0 atom stereocenters. The summed E-state index contributed by atoms with van der Waals surface area (Å²) in [5.74, 6) is -0.0741. The first-order valence-corrected chi connectivity index (χ1v) is 9.75. The lowest BCUT2D eigenvalue weighted by Crippen LogP contribution is -2.39. The fourth-order valence-electron chi connectivity index (χ4n) is 3.23. The molecular weight excluding hydrogens is 413 g/mol. The number of carbonyl (C=O) groups excluding carboxylic acids is 1. The highest BCUT2D eigenvalue weighted by Crippen LogP contribution is 2.35. The minimum absolute atomic E-state index is 0.226. The number of benzene rings is 2. The second-order valence-electron chi connectivity index (χ2n) is 7.26. The van der Waals surface area contributed by atoms with Crippen LogP contribution in [0, 0.1) is 6.92 Å². The molecule has 1 N–H and O–H groups in total. The number of esters is 1. The molecule has 0 unspecified atom stereocenters. The van der Waals surface area contributed by atoms with Crippen LogP contribution in [0.1, 0.15) is 30.5 Å². The molecule has 0 bridgehead atoms. The molecule has 3 aromatic rings. The Balaban J connectivity index is 2.17. The van der Waals surface area contributed by atoms with Gasteiger partial charge in [-0.25, -0.2) is 4.79 Å². The van der Waals surface area contributed by atoms with Crippen molar-refractivity contribution >= 4 is 40.1 Å². The van der Waals surface area contributed by atoms with E-state index in [2.05, 4.69) is 4.98 Å². The van der Waals surface area contributed by atoms with Gasteiger partial charge in [0.2, 0.25) is 0 Å². The minimum atomic E-state index is -1.21. The zero-order chi connectivity index (χ0) is 21.3. The molecule has 0 aliphatic rings. The molecule has 0 amide bonds. The third kappa shape index (κ3) is 4.26. The maximum Gasteiger partial charge on any atom is 0.349 e. The molecule has 0 saturated carbocycles. The summed E-state index contributed by atoms with van der Waals surface area (Å²) in [4.78, 5) is 27.7. The monoisotopic (exact) mass is 433 g/mol. The molecule has 0 fully saturated rings. The Bertz CT molecular complexity index is 1130. The quantitative estimate of drug-likeness (QED) is 0.570. The third-order valence-electron chi connectivity index (χ3n) is 4.79. The number of aryl methyl sites for hydroxylation is 1. The normalized spacial score (nSPS) is 11.5. The molecule has 1 heterocycles. The number of nitrogens with one attached hydrogen (secondary N) is 1. The van der Waals surface area contributed by atoms with E-state index in [4.69, 9.17) is 32.7 Å². The smallest absolute Gasteiger partial charge is 0.349 e. The number of aromatic nitrogens is 1. The summed E-state index contributed by atoms with van der Waals surface area (Å²) in [6.07, 6.45) is 0.417. The van der Waals surface area contributed by atoms with Crippen LogP contribution in [-0.2, 0) is 16.0 Å². The predicted octanol–water partition coefficient (Wildman–Crippen LogP) is 5.06. The standard InChI is InChI=1S/C22H21Cl2NO4/c1-12-15(11-13-5-7-14(23)8-6-13)20(26)25-19-16(24)9-10-17(18(12)19)29-22(2,3)21(27)28-4/h5-10H,11H2,1-4H3,(H,25,26). The average molecular weight is 434 g/mol. The number of halogens is 2. The van der Waals surface area contributed by atoms with Gasteiger partial charge in [0, 0.05) is 22.4 Å². The van der Waals surface area contributed by atoms with Crippen molar-refractivity contribution in [2.24, 2.45) is 0 Å². The van der Waals surface area contributed by atoms with Crippen molar-refractivity contribution in [3.8, 4) is 5.75 Å². The summed E-state index contributed by atoms with van der Waals surface area (Å²) < 4.78 is 10.8. The van der Waals surface area contributed by atoms with E-state index in [1.807, 2.05) is 19.1 Å². The van der Waals surface area contributed by atoms with E-state index in [0.717, 1.165) is 11.1 Å². The summed E-state index contributed by atoms with van der Waals surface area (Å²) in [6.45, 7) is 5.08. The minimum Gasteiger partial charge on any atom is -0.475 e. The van der Waals surface area contributed by atoms with Crippen LogP contribution < -0.4 is 10.3 Å². The number of fused-ring (bicyclic) bond motifs is 1. The van der Waals surface area contributed by atoms with E-state index in [-0.39, 0.29) is 5.56 Å². The number of methoxy groups -OCH3 is 1. The molecule has 1 aromatic heterocycles. The number of hydrogen-bond donors (Lipinski definition) is 1. The van der Waals surface area contributed by atoms with Crippen LogP contribution in [0.3, 0.4) is 0 Å². The zero-order valence-corrected chi connectivity index (χ0v) is 18.1. The highest BCUT2D eigenvalue weighted by molar-refractivity contribution is 6.35. The third-order valence-corrected chi connectivity index (χ3v) is 5.36. The Morgan fingerprint density at radius 3 is 2.38 bits per heavy atom. The van der Waals surface area contributed by atoms with Crippen LogP contribution in [0.2, 0.25) is 10.0 Å². The van der Waals surface area contributed by atoms with Gasteiger partial charge < -0.3 is 14.5 Å². The molecule has 2 aromatic carbocycles. The van der Waals surface area contributed by atoms with Gasteiger partial charge in [0.1, 0.15) is 5.75 Å². The predicted molar refractivity (Wildman–Crippen MR) is 115 cm³/mol. The molecule has 3 rings (SSSR count). The molecule has 0 aliphatic carbocycles. The summed E-state index contributed by atoms with van der Waals surface area (Å²) in [5.41, 5.74) is 1.29. The van der Waals surface area contributed by atoms with E-state index in [1.54, 1.807) is 38.1 Å². The Morgan fingerprint density at radius 2 is 1.76 bits per heavy atom. The van der Waals surface area contributed by atoms with Gasteiger partial charge in [0.15, 0.2) is 5.60 Å². The van der Waals surface area contributed by atoms with E-state index in [1.165, 1.54) is 7.11 Å². The highest BCUT2D eigenvalue weighted by atomic mass is 35.5. The number of rotatable bonds is 5. The van der Waals surface area contributed by atoms with Gasteiger partial charge in [-0.15, -0.1) is 0 Å². The molecule has 0 spiro atoms. The van der Waals surface area contributed by atoms with Crippen LogP contribution in [0.25, 0.3) is 10.9 Å². The first kappa shape index (κ1) is 21.2. The molecule has 29 heavy (non-hydrogen) atoms. The van der Waals surface area contributed by atoms with E-state index < -0.39 is 11.6 Å². The van der Waals surface area contributed by atoms with Gasteiger partial charge in [-0.05, 0) is 56.2 Å². The molecule has 0 radical (unpaired) electrons. The van der Waals surface area contributed by atoms with Crippen molar-refractivity contribution in [3.63, 3.8) is 0 Å². The molecule has 0 saturated heterocycles. The lowest BCUT2D eigenvalue weighted by molar-refractivity contribution is -0.155. The fourth-order valence-corrected chi connectivity index (χ4v) is 3.56. The van der Waals surface area contributed by atoms with Gasteiger partial charge in [-0.1, -0.05) is 35.3 Å². The largest absolute Gasteiger partial charge is 0.475 e. The van der Waals surface area contributed by atoms with Crippen LogP contribution >= 0.6 is 23.2 Å². The molecule has 5 nitrogen and oxygen atoms in total. The summed E-state index contributed by atoms with van der Waals surface area (Å²) in [6, 6.07) is 10.6. The molecule has 0 aliphatic heterocycles. The van der Waals surface area contributed by atoms with E-state index in [9.17, 15) is 9.59 Å². The number of H-pyrrole nitrogens is 1. The lowest BCUT2D eigenvalue weighted by Gasteiger charge is -2.25. The highest BCUT2D eigenvalue weighted by Gasteiger charge is 2.32. The number of carbonyl (C=O) groups is 1. The van der Waals surface area contributed by atoms with Crippen molar-refractivity contribution < 1.29 is 14.3 Å². The Labute approximate surface area is 178 Å². The first-order valence-electron chi connectivity index (χ1n) is 9.00. The summed E-state index contributed by atoms with van der Waals surface area (Å²) in [7, 11) is 1.31. The van der Waals surface area contributed by atoms with Crippen molar-refractivity contribution in [3.05, 3.63) is 73.5 Å². The molecule has 152 valence electrons. The number of ether oxygens (including phenoxy) is 2. The van der Waals surface area contributed by atoms with E-state index >= 15 is 0 Å². The van der Waals surface area contributed by atoms with Crippen molar-refractivity contribution in [1.82, 2.24) is 4.98 Å². The summed E-state index contributed by atoms with van der Waals surface area (Å²) in [5, 5.41) is 1.67. The van der Waals surface area contributed by atoms with Gasteiger partial charge >= 0.3 is 5.97 Å². The number of aromatic amines is 1. The Hall–Kier alpha value is -2.50. The van der Waals surface area contributed by atoms with Gasteiger partial charge in [0.05, 0.1) is 17.6 Å². The molecule has 7 heteroatoms. The second kappa shape index (κ2) is 8.09. The fraction of sp³-hybridized carbons (Fsp3) is 0.273. The number of hydrogen-bond acceptors (Lipinski definition) is 4. The first-order chi connectivity index (χ1) is 13.6. The Morgan fingerprint density at radius 1 is 1.10 bits per heavy atom. The van der Waals surface area contributed by atoms with Gasteiger partial charge in [0.25, 0.3) is 5.56 Å². The van der Waals surface area contributed by atoms with Gasteiger partial charge in [-0.2, -0.15) is 0 Å². The Kier molecular flexibility index (Phi) is 5.92. The van der Waals surface area contributed by atoms with Crippen LogP contribution in [-0.4, -0.2) is 23.7 Å². The average Bonchev–Trinajstić information content (AvgIpc) is 2.68. The van der Waals surface area contributed by atoms with Crippen molar-refractivity contribution in [1.29, 1.82) is 0 Å². The maximum atomic E-state index is 12.8. The molecular formula is C22H21Cl2NO4. The lowest BCUT2D eigenvalue weighted by atomic mass is 9.98. The maximum absolute atomic E-state index is 12.8. The zero-order valence-electron chi connectivity index (χ0n) is 16.6. The van der Waals surface area contributed by atoms with Crippen LogP contribution in [0.15, 0.2) is 41.2 Å². The van der Waals surface area contributed by atoms with E-state index in [0.29, 0.717) is 38.7 Å². The number of pyridine rings is 1. The topological polar surface area (TPSA) is 68.4 Å². The van der Waals surface area contributed by atoms with Gasteiger partial charge in [-0.3, -0.25) is 4.79 Å². The van der Waals surface area contributed by atoms with Crippen molar-refractivity contribution in [2.75, 3.05) is 7.11 Å². The second-order valence-corrected chi connectivity index (χ2v) is 8.10. The van der Waals surface area contributed by atoms with Crippen molar-refractivity contribution in [2.45, 2.75) is 32.8 Å². The summed E-state index contributed by atoms with van der Waals surface area (Å²) >= 11 is 12.3. The van der Waals surface area contributed by atoms with Crippen LogP contribution in [0.4, 0.5) is 0 Å².